The van der Waals surface area contributed by atoms with Gasteiger partial charge in [0.1, 0.15) is 11.5 Å². The maximum Gasteiger partial charge on any atom is 0.387 e. The molecule has 2 aromatic rings. The Morgan fingerprint density at radius 1 is 1.30 bits per heavy atom. The summed E-state index contributed by atoms with van der Waals surface area (Å²) >= 11 is 0. The van der Waals surface area contributed by atoms with Crippen LogP contribution in [0.3, 0.4) is 0 Å². The number of aliphatic imine (C=N–C) groups is 1. The van der Waals surface area contributed by atoms with Crippen LogP contribution in [0.2, 0.25) is 0 Å². The Labute approximate surface area is 192 Å². The summed E-state index contributed by atoms with van der Waals surface area (Å²) in [6.07, 6.45) is 4.57. The van der Waals surface area contributed by atoms with E-state index >= 15 is 0 Å². The molecule has 0 aliphatic carbocycles. The number of alkyl halides is 2. The van der Waals surface area contributed by atoms with Crippen molar-refractivity contribution in [3.63, 3.8) is 0 Å². The van der Waals surface area contributed by atoms with E-state index < -0.39 is 6.61 Å². The molecule has 30 heavy (non-hydrogen) atoms. The standard InChI is InChI=1S/C21H27F2N3O3.HI/c1-15-6-7-19(29-20(22)23)16(12-15)13-25-21(26-14-18-5-3-11-28-18)24-9-8-17-4-2-10-27-17;/h2,4,6-7,10,12,18,20H,3,5,8-9,11,13-14H2,1H3,(H2,24,25,26);1H. The Bertz CT molecular complexity index is 782. The van der Waals surface area contributed by atoms with Gasteiger partial charge in [-0.1, -0.05) is 17.7 Å². The summed E-state index contributed by atoms with van der Waals surface area (Å²) in [6.45, 7) is 1.29. The number of halogens is 3. The minimum atomic E-state index is -2.87. The lowest BCUT2D eigenvalue weighted by molar-refractivity contribution is -0.0504. The largest absolute Gasteiger partial charge is 0.469 e. The van der Waals surface area contributed by atoms with Crippen LogP contribution in [0.5, 0.6) is 5.75 Å². The molecule has 1 aliphatic rings. The summed E-state index contributed by atoms with van der Waals surface area (Å²) in [4.78, 5) is 4.57. The van der Waals surface area contributed by atoms with Crippen LogP contribution >= 0.6 is 24.0 Å². The molecule has 1 unspecified atom stereocenters. The molecule has 1 aromatic heterocycles. The van der Waals surface area contributed by atoms with Gasteiger partial charge in [0, 0.05) is 31.7 Å². The zero-order valence-electron chi connectivity index (χ0n) is 16.9. The van der Waals surface area contributed by atoms with Gasteiger partial charge in [0.15, 0.2) is 5.96 Å². The first-order valence-corrected chi connectivity index (χ1v) is 9.80. The molecular weight excluding hydrogens is 507 g/mol. The number of nitrogens with one attached hydrogen (secondary N) is 2. The average molecular weight is 535 g/mol. The molecule has 2 heterocycles. The van der Waals surface area contributed by atoms with E-state index in [0.717, 1.165) is 30.8 Å². The fourth-order valence-electron chi connectivity index (χ4n) is 3.16. The molecule has 1 saturated heterocycles. The van der Waals surface area contributed by atoms with Gasteiger partial charge < -0.3 is 24.5 Å². The SMILES string of the molecule is Cc1ccc(OC(F)F)c(CN=C(NCCc2ccco2)NCC2CCCO2)c1.I. The lowest BCUT2D eigenvalue weighted by Crippen LogP contribution is -2.41. The van der Waals surface area contributed by atoms with Crippen LogP contribution in [0.25, 0.3) is 0 Å². The van der Waals surface area contributed by atoms with Crippen LogP contribution < -0.4 is 15.4 Å². The third-order valence-electron chi connectivity index (χ3n) is 4.60. The molecule has 166 valence electrons. The maximum atomic E-state index is 12.7. The number of rotatable bonds is 9. The molecule has 1 atom stereocenters. The van der Waals surface area contributed by atoms with E-state index in [1.807, 2.05) is 25.1 Å². The van der Waals surface area contributed by atoms with Gasteiger partial charge in [-0.2, -0.15) is 8.78 Å². The molecule has 1 aliphatic heterocycles. The Kier molecular flexibility index (Phi) is 10.4. The van der Waals surface area contributed by atoms with Crippen molar-refractivity contribution < 1.29 is 22.7 Å². The van der Waals surface area contributed by atoms with Crippen molar-refractivity contribution >= 4 is 29.9 Å². The average Bonchev–Trinajstić information content (AvgIpc) is 3.39. The van der Waals surface area contributed by atoms with Crippen LogP contribution in [-0.2, 0) is 17.7 Å². The van der Waals surface area contributed by atoms with Gasteiger partial charge in [0.05, 0.1) is 18.9 Å². The fourth-order valence-corrected chi connectivity index (χ4v) is 3.16. The van der Waals surface area contributed by atoms with Crippen molar-refractivity contribution in [3.05, 3.63) is 53.5 Å². The number of benzene rings is 1. The van der Waals surface area contributed by atoms with Gasteiger partial charge in [-0.25, -0.2) is 4.99 Å². The maximum absolute atomic E-state index is 12.7. The first-order valence-electron chi connectivity index (χ1n) is 9.80. The number of guanidine groups is 1. The first-order chi connectivity index (χ1) is 14.1. The van der Waals surface area contributed by atoms with Crippen molar-refractivity contribution in [2.45, 2.75) is 45.4 Å². The molecular formula is C21H28F2IN3O3. The normalized spacial score (nSPS) is 16.4. The molecule has 1 aromatic carbocycles. The van der Waals surface area contributed by atoms with Gasteiger partial charge in [-0.05, 0) is 38.0 Å². The molecule has 0 saturated carbocycles. The number of nitrogens with zero attached hydrogens (tertiary/aromatic N) is 1. The molecule has 3 rings (SSSR count). The summed E-state index contributed by atoms with van der Waals surface area (Å²) < 4.78 is 41.0. The molecule has 0 amide bonds. The zero-order chi connectivity index (χ0) is 20.5. The molecule has 1 fully saturated rings. The van der Waals surface area contributed by atoms with Crippen molar-refractivity contribution in [2.75, 3.05) is 19.7 Å². The van der Waals surface area contributed by atoms with E-state index in [0.29, 0.717) is 31.0 Å². The van der Waals surface area contributed by atoms with Crippen molar-refractivity contribution in [2.24, 2.45) is 4.99 Å². The van der Waals surface area contributed by atoms with Crippen LogP contribution in [0.4, 0.5) is 8.78 Å². The van der Waals surface area contributed by atoms with E-state index in [9.17, 15) is 8.78 Å². The van der Waals surface area contributed by atoms with E-state index in [1.165, 1.54) is 0 Å². The van der Waals surface area contributed by atoms with E-state index in [1.54, 1.807) is 18.4 Å². The Balaban J connectivity index is 0.00000320. The summed E-state index contributed by atoms with van der Waals surface area (Å²) in [5.74, 6) is 1.61. The highest BCUT2D eigenvalue weighted by Gasteiger charge is 2.16. The number of hydrogen-bond donors (Lipinski definition) is 2. The predicted molar refractivity (Wildman–Crippen MR) is 122 cm³/mol. The molecule has 0 radical (unpaired) electrons. The third kappa shape index (κ3) is 8.10. The number of furan rings is 1. The Hall–Kier alpha value is -1.88. The first kappa shape index (κ1) is 24.4. The lowest BCUT2D eigenvalue weighted by atomic mass is 10.1. The highest BCUT2D eigenvalue weighted by Crippen LogP contribution is 2.23. The molecule has 0 bridgehead atoms. The van der Waals surface area contributed by atoms with Gasteiger partial charge in [0.25, 0.3) is 0 Å². The minimum absolute atomic E-state index is 0. The number of aryl methyl sites for hydroxylation is 1. The van der Waals surface area contributed by atoms with E-state index in [2.05, 4.69) is 20.4 Å². The second-order valence-corrected chi connectivity index (χ2v) is 6.93. The van der Waals surface area contributed by atoms with Crippen LogP contribution in [-0.4, -0.2) is 38.4 Å². The molecule has 9 heteroatoms. The van der Waals surface area contributed by atoms with Crippen LogP contribution in [0, 0.1) is 6.92 Å². The van der Waals surface area contributed by atoms with Gasteiger partial charge >= 0.3 is 6.61 Å². The van der Waals surface area contributed by atoms with Crippen LogP contribution in [0.15, 0.2) is 46.0 Å². The van der Waals surface area contributed by atoms with Crippen molar-refractivity contribution in [1.29, 1.82) is 0 Å². The smallest absolute Gasteiger partial charge is 0.387 e. The van der Waals surface area contributed by atoms with E-state index in [4.69, 9.17) is 9.15 Å². The van der Waals surface area contributed by atoms with Crippen LogP contribution in [0.1, 0.15) is 29.7 Å². The van der Waals surface area contributed by atoms with Gasteiger partial charge in [0.2, 0.25) is 0 Å². The second kappa shape index (κ2) is 12.7. The Morgan fingerprint density at radius 2 is 2.17 bits per heavy atom. The molecule has 2 N–H and O–H groups in total. The molecule has 6 nitrogen and oxygen atoms in total. The predicted octanol–water partition coefficient (Wildman–Crippen LogP) is 4.26. The summed E-state index contributed by atoms with van der Waals surface area (Å²) in [5, 5.41) is 6.54. The molecule has 0 spiro atoms. The monoisotopic (exact) mass is 535 g/mol. The second-order valence-electron chi connectivity index (χ2n) is 6.93. The topological polar surface area (TPSA) is 68.0 Å². The van der Waals surface area contributed by atoms with E-state index in [-0.39, 0.29) is 42.4 Å². The van der Waals surface area contributed by atoms with Gasteiger partial charge in [-0.15, -0.1) is 24.0 Å². The van der Waals surface area contributed by atoms with Crippen molar-refractivity contribution in [3.8, 4) is 5.75 Å². The number of ether oxygens (including phenoxy) is 2. The summed E-state index contributed by atoms with van der Waals surface area (Å²) in [7, 11) is 0. The minimum Gasteiger partial charge on any atom is -0.469 e. The fraction of sp³-hybridized carbons (Fsp3) is 0.476. The zero-order valence-corrected chi connectivity index (χ0v) is 19.2. The summed E-state index contributed by atoms with van der Waals surface area (Å²) in [6, 6.07) is 8.86. The number of hydrogen-bond acceptors (Lipinski definition) is 4. The highest BCUT2D eigenvalue weighted by atomic mass is 127. The quantitative estimate of drug-likeness (QED) is 0.286. The third-order valence-corrected chi connectivity index (χ3v) is 4.60. The lowest BCUT2D eigenvalue weighted by Gasteiger charge is -2.16. The summed E-state index contributed by atoms with van der Waals surface area (Å²) in [5.41, 5.74) is 1.56. The van der Waals surface area contributed by atoms with Crippen molar-refractivity contribution in [1.82, 2.24) is 10.6 Å². The Morgan fingerprint density at radius 3 is 2.87 bits per heavy atom. The van der Waals surface area contributed by atoms with Gasteiger partial charge in [-0.3, -0.25) is 0 Å². The highest BCUT2D eigenvalue weighted by molar-refractivity contribution is 14.0.